The van der Waals surface area contributed by atoms with E-state index >= 15 is 0 Å². The van der Waals surface area contributed by atoms with Crippen LogP contribution in [0.4, 0.5) is 0 Å². The van der Waals surface area contributed by atoms with Gasteiger partial charge in [-0.2, -0.15) is 0 Å². The molecule has 0 amide bonds. The average Bonchev–Trinajstić information content (AvgIpc) is 2.30. The molecule has 94 valence electrons. The maximum absolute atomic E-state index is 6.15. The lowest BCUT2D eigenvalue weighted by atomic mass is 10.1. The SMILES string of the molecule is Clc1cc(Cl)cc(-c2cc(Cl)c(Cl)c(Cl)c2Cl)c1. The molecule has 0 heterocycles. The third-order valence-electron chi connectivity index (χ3n) is 2.28. The molecule has 0 bridgehead atoms. The monoisotopic (exact) mass is 358 g/mol. The number of halogens is 6. The highest BCUT2D eigenvalue weighted by Crippen LogP contribution is 2.43. The highest BCUT2D eigenvalue weighted by Gasteiger charge is 2.15. The Balaban J connectivity index is 2.71. The van der Waals surface area contributed by atoms with E-state index in [9.17, 15) is 0 Å². The predicted molar refractivity (Wildman–Crippen MR) is 81.9 cm³/mol. The quantitative estimate of drug-likeness (QED) is 0.370. The zero-order valence-corrected chi connectivity index (χ0v) is 13.1. The highest BCUT2D eigenvalue weighted by atomic mass is 35.5. The van der Waals surface area contributed by atoms with Gasteiger partial charge in [0, 0.05) is 15.6 Å². The van der Waals surface area contributed by atoms with E-state index < -0.39 is 0 Å². The first-order chi connectivity index (χ1) is 8.40. The van der Waals surface area contributed by atoms with Crippen molar-refractivity contribution >= 4 is 69.6 Å². The van der Waals surface area contributed by atoms with E-state index in [0.29, 0.717) is 25.7 Å². The summed E-state index contributed by atoms with van der Waals surface area (Å²) in [7, 11) is 0. The molecule has 0 aliphatic carbocycles. The Morgan fingerprint density at radius 1 is 0.556 bits per heavy atom. The molecular formula is C12H4Cl6. The van der Waals surface area contributed by atoms with Crippen molar-refractivity contribution in [2.24, 2.45) is 0 Å². The summed E-state index contributed by atoms with van der Waals surface area (Å²) in [4.78, 5) is 0. The minimum absolute atomic E-state index is 0.205. The van der Waals surface area contributed by atoms with Crippen molar-refractivity contribution in [3.8, 4) is 11.1 Å². The molecule has 0 aromatic heterocycles. The smallest absolute Gasteiger partial charge is 0.0800 e. The summed E-state index contributed by atoms with van der Waals surface area (Å²) < 4.78 is 0. The summed E-state index contributed by atoms with van der Waals surface area (Å²) in [5.41, 5.74) is 1.35. The van der Waals surface area contributed by atoms with Gasteiger partial charge in [-0.3, -0.25) is 0 Å². The first-order valence-electron chi connectivity index (χ1n) is 4.69. The van der Waals surface area contributed by atoms with Gasteiger partial charge in [-0.05, 0) is 29.8 Å². The van der Waals surface area contributed by atoms with E-state index in [2.05, 4.69) is 0 Å². The summed E-state index contributed by atoms with van der Waals surface area (Å²) in [6, 6.07) is 6.68. The molecule has 0 unspecified atom stereocenters. The van der Waals surface area contributed by atoms with Crippen LogP contribution in [-0.4, -0.2) is 0 Å². The lowest BCUT2D eigenvalue weighted by molar-refractivity contribution is 1.61. The van der Waals surface area contributed by atoms with Crippen LogP contribution in [0.2, 0.25) is 30.1 Å². The van der Waals surface area contributed by atoms with E-state index in [1.54, 1.807) is 24.3 Å². The van der Waals surface area contributed by atoms with Crippen LogP contribution in [0.25, 0.3) is 11.1 Å². The molecule has 0 aliphatic heterocycles. The molecule has 0 spiro atoms. The molecule has 0 saturated heterocycles. The molecule has 0 nitrogen and oxygen atoms in total. The van der Waals surface area contributed by atoms with Crippen molar-refractivity contribution in [1.82, 2.24) is 0 Å². The molecule has 18 heavy (non-hydrogen) atoms. The maximum Gasteiger partial charge on any atom is 0.0800 e. The van der Waals surface area contributed by atoms with Crippen molar-refractivity contribution in [3.63, 3.8) is 0 Å². The second-order valence-electron chi connectivity index (χ2n) is 3.51. The fraction of sp³-hybridized carbons (Fsp3) is 0. The minimum Gasteiger partial charge on any atom is -0.0843 e. The first kappa shape index (κ1) is 14.6. The Bertz CT molecular complexity index is 600. The largest absolute Gasteiger partial charge is 0.0843 e. The van der Waals surface area contributed by atoms with Gasteiger partial charge in [-0.1, -0.05) is 69.6 Å². The second-order valence-corrected chi connectivity index (χ2v) is 5.92. The summed E-state index contributed by atoms with van der Waals surface area (Å²) >= 11 is 35.9. The predicted octanol–water partition coefficient (Wildman–Crippen LogP) is 7.27. The number of benzene rings is 2. The third-order valence-corrected chi connectivity index (χ3v) is 4.46. The minimum atomic E-state index is 0.205. The van der Waals surface area contributed by atoms with Gasteiger partial charge in [0.25, 0.3) is 0 Å². The maximum atomic E-state index is 6.15. The van der Waals surface area contributed by atoms with Crippen LogP contribution < -0.4 is 0 Å². The molecule has 6 heteroatoms. The van der Waals surface area contributed by atoms with E-state index in [1.807, 2.05) is 0 Å². The van der Waals surface area contributed by atoms with E-state index in [1.165, 1.54) is 0 Å². The Morgan fingerprint density at radius 3 is 1.67 bits per heavy atom. The topological polar surface area (TPSA) is 0 Å². The van der Waals surface area contributed by atoms with E-state index in [0.717, 1.165) is 5.56 Å². The molecule has 0 fully saturated rings. The molecule has 0 atom stereocenters. The van der Waals surface area contributed by atoms with Crippen LogP contribution in [0.3, 0.4) is 0 Å². The van der Waals surface area contributed by atoms with Crippen LogP contribution in [0.5, 0.6) is 0 Å². The average molecular weight is 361 g/mol. The third kappa shape index (κ3) is 2.85. The van der Waals surface area contributed by atoms with Crippen molar-refractivity contribution in [3.05, 3.63) is 54.4 Å². The summed E-state index contributed by atoms with van der Waals surface area (Å²) in [5.74, 6) is 0. The Hall–Kier alpha value is 0.180. The summed E-state index contributed by atoms with van der Waals surface area (Å²) in [6.45, 7) is 0. The Labute approximate surface area is 134 Å². The molecule has 2 rings (SSSR count). The fourth-order valence-electron chi connectivity index (χ4n) is 1.49. The van der Waals surface area contributed by atoms with Gasteiger partial charge >= 0.3 is 0 Å². The van der Waals surface area contributed by atoms with Gasteiger partial charge in [0.05, 0.1) is 20.1 Å². The number of hydrogen-bond donors (Lipinski definition) is 0. The van der Waals surface area contributed by atoms with Crippen LogP contribution in [-0.2, 0) is 0 Å². The standard InChI is InChI=1S/C12H4Cl6/c13-6-1-5(2-7(14)3-6)8-4-9(15)11(17)12(18)10(8)16/h1-4H. The molecule has 0 aliphatic rings. The van der Waals surface area contributed by atoms with E-state index in [4.69, 9.17) is 69.6 Å². The van der Waals surface area contributed by atoms with Crippen LogP contribution in [0.1, 0.15) is 0 Å². The van der Waals surface area contributed by atoms with Crippen molar-refractivity contribution < 1.29 is 0 Å². The summed E-state index contributed by atoms with van der Waals surface area (Å²) in [5, 5.41) is 2.05. The first-order valence-corrected chi connectivity index (χ1v) is 6.96. The fourth-order valence-corrected chi connectivity index (χ4v) is 2.93. The zero-order valence-electron chi connectivity index (χ0n) is 8.58. The number of rotatable bonds is 1. The lowest BCUT2D eigenvalue weighted by Crippen LogP contribution is -1.84. The normalized spacial score (nSPS) is 10.8. The second kappa shape index (κ2) is 5.66. The van der Waals surface area contributed by atoms with Crippen LogP contribution in [0, 0.1) is 0 Å². The number of hydrogen-bond acceptors (Lipinski definition) is 0. The van der Waals surface area contributed by atoms with Gasteiger partial charge in [-0.25, -0.2) is 0 Å². The molecule has 2 aromatic carbocycles. The van der Waals surface area contributed by atoms with Crippen molar-refractivity contribution in [2.45, 2.75) is 0 Å². The summed E-state index contributed by atoms with van der Waals surface area (Å²) in [6.07, 6.45) is 0. The zero-order chi connectivity index (χ0) is 13.4. The highest BCUT2D eigenvalue weighted by molar-refractivity contribution is 6.52. The Morgan fingerprint density at radius 2 is 1.11 bits per heavy atom. The van der Waals surface area contributed by atoms with Gasteiger partial charge in [-0.15, -0.1) is 0 Å². The van der Waals surface area contributed by atoms with E-state index in [-0.39, 0.29) is 10.0 Å². The van der Waals surface area contributed by atoms with Crippen molar-refractivity contribution in [1.29, 1.82) is 0 Å². The molecule has 0 radical (unpaired) electrons. The molecule has 2 aromatic rings. The lowest BCUT2D eigenvalue weighted by Gasteiger charge is -2.10. The van der Waals surface area contributed by atoms with Gasteiger partial charge in [0.15, 0.2) is 0 Å². The van der Waals surface area contributed by atoms with Gasteiger partial charge < -0.3 is 0 Å². The molecular weight excluding hydrogens is 357 g/mol. The van der Waals surface area contributed by atoms with Crippen LogP contribution >= 0.6 is 69.6 Å². The van der Waals surface area contributed by atoms with Gasteiger partial charge in [0.2, 0.25) is 0 Å². The molecule has 0 saturated carbocycles. The van der Waals surface area contributed by atoms with Crippen LogP contribution in [0.15, 0.2) is 24.3 Å². The Kier molecular flexibility index (Phi) is 4.59. The molecule has 0 N–H and O–H groups in total. The van der Waals surface area contributed by atoms with Crippen molar-refractivity contribution in [2.75, 3.05) is 0 Å². The van der Waals surface area contributed by atoms with Gasteiger partial charge in [0.1, 0.15) is 0 Å².